The van der Waals surface area contributed by atoms with Gasteiger partial charge in [0, 0.05) is 0 Å². The molecule has 162 valence electrons. The van der Waals surface area contributed by atoms with Crippen molar-refractivity contribution in [2.45, 2.75) is 10.1 Å². The number of methoxy groups -OCH3 is 2. The van der Waals surface area contributed by atoms with Gasteiger partial charge in [0.15, 0.2) is 5.16 Å². The molecule has 0 spiro atoms. The Morgan fingerprint density at radius 2 is 1.68 bits per heavy atom. The summed E-state index contributed by atoms with van der Waals surface area (Å²) in [5.74, 6) is -1.58. The van der Waals surface area contributed by atoms with Gasteiger partial charge in [0.1, 0.15) is 6.33 Å². The van der Waals surface area contributed by atoms with Crippen molar-refractivity contribution in [1.29, 1.82) is 0 Å². The maximum absolute atomic E-state index is 13.0. The minimum absolute atomic E-state index is 0.103. The topological polar surface area (TPSA) is 129 Å². The molecule has 0 aliphatic carbocycles. The maximum Gasteiger partial charge on any atom is 0.337 e. The highest BCUT2D eigenvalue weighted by atomic mass is 32.2. The number of hydrogen-bond acceptors (Lipinski definition) is 9. The summed E-state index contributed by atoms with van der Waals surface area (Å²) in [7, 11) is -1.85. The number of carbonyl (C=O) groups excluding carboxylic acids is 2. The Labute approximate surface area is 182 Å². The summed E-state index contributed by atoms with van der Waals surface area (Å²) in [6, 6.07) is 10.1. The molecule has 1 heterocycles. The van der Waals surface area contributed by atoms with Gasteiger partial charge in [-0.3, -0.25) is 9.29 Å². The number of carbonyl (C=O) groups is 2. The van der Waals surface area contributed by atoms with Gasteiger partial charge < -0.3 is 9.47 Å². The van der Waals surface area contributed by atoms with E-state index in [1.807, 2.05) is 6.26 Å². The minimum Gasteiger partial charge on any atom is -0.465 e. The summed E-state index contributed by atoms with van der Waals surface area (Å²) in [5, 5.41) is 8.47. The Morgan fingerprint density at radius 3 is 2.26 bits per heavy atom. The second-order valence-corrected chi connectivity index (χ2v) is 8.53. The second-order valence-electron chi connectivity index (χ2n) is 6.07. The standard InChI is InChI=1S/C19H18N4O6S2/c1-28-17(24)12-7-13(18(25)29-2)9-16(8-12)31(26,27)22-14-5-4-6-15(10-14)23-11-20-21-19(23)30-3/h4-11,22H,1-3H3. The zero-order valence-electron chi connectivity index (χ0n) is 16.7. The fraction of sp³-hybridized carbons (Fsp3) is 0.158. The number of esters is 2. The molecule has 0 saturated heterocycles. The molecule has 3 rings (SSSR count). The van der Waals surface area contributed by atoms with Crippen LogP contribution in [0.1, 0.15) is 20.7 Å². The van der Waals surface area contributed by atoms with E-state index in [0.29, 0.717) is 10.8 Å². The van der Waals surface area contributed by atoms with Crippen molar-refractivity contribution in [2.24, 2.45) is 0 Å². The summed E-state index contributed by atoms with van der Waals surface area (Å²) in [6.07, 6.45) is 3.36. The van der Waals surface area contributed by atoms with Crippen molar-refractivity contribution in [3.8, 4) is 5.69 Å². The van der Waals surface area contributed by atoms with Gasteiger partial charge in [-0.15, -0.1) is 10.2 Å². The highest BCUT2D eigenvalue weighted by Gasteiger charge is 2.21. The average molecular weight is 463 g/mol. The Bertz CT molecular complexity index is 1210. The summed E-state index contributed by atoms with van der Waals surface area (Å²) in [4.78, 5) is 23.6. The minimum atomic E-state index is -4.15. The molecule has 10 nitrogen and oxygen atoms in total. The zero-order chi connectivity index (χ0) is 22.6. The average Bonchev–Trinajstić information content (AvgIpc) is 3.26. The number of ether oxygens (including phenoxy) is 2. The van der Waals surface area contributed by atoms with E-state index in [9.17, 15) is 18.0 Å². The van der Waals surface area contributed by atoms with Crippen molar-refractivity contribution in [2.75, 3.05) is 25.2 Å². The van der Waals surface area contributed by atoms with Gasteiger partial charge in [0.2, 0.25) is 0 Å². The first-order valence-corrected chi connectivity index (χ1v) is 11.4. The lowest BCUT2D eigenvalue weighted by atomic mass is 10.1. The van der Waals surface area contributed by atoms with E-state index < -0.39 is 22.0 Å². The largest absolute Gasteiger partial charge is 0.465 e. The predicted molar refractivity (Wildman–Crippen MR) is 113 cm³/mol. The maximum atomic E-state index is 13.0. The van der Waals surface area contributed by atoms with E-state index >= 15 is 0 Å². The highest BCUT2D eigenvalue weighted by Crippen LogP contribution is 2.23. The Kier molecular flexibility index (Phi) is 6.61. The molecule has 0 aliphatic heterocycles. The molecule has 3 aromatic rings. The molecule has 0 bridgehead atoms. The molecular formula is C19H18N4O6S2. The third-order valence-electron chi connectivity index (χ3n) is 4.13. The van der Waals surface area contributed by atoms with Crippen LogP contribution in [0.2, 0.25) is 0 Å². The first-order valence-electron chi connectivity index (χ1n) is 8.68. The molecule has 2 aromatic carbocycles. The molecule has 0 saturated carbocycles. The molecule has 0 aliphatic rings. The number of anilines is 1. The smallest absolute Gasteiger partial charge is 0.337 e. The fourth-order valence-corrected chi connectivity index (χ4v) is 4.30. The summed E-state index contributed by atoms with van der Waals surface area (Å²) >= 11 is 1.39. The third kappa shape index (κ3) is 4.86. The van der Waals surface area contributed by atoms with E-state index in [1.165, 1.54) is 24.2 Å². The first-order chi connectivity index (χ1) is 14.8. The van der Waals surface area contributed by atoms with Crippen LogP contribution in [0.5, 0.6) is 0 Å². The molecule has 31 heavy (non-hydrogen) atoms. The quantitative estimate of drug-likeness (QED) is 0.415. The van der Waals surface area contributed by atoms with Crippen molar-refractivity contribution in [3.63, 3.8) is 0 Å². The Balaban J connectivity index is 2.00. The van der Waals surface area contributed by atoms with Crippen LogP contribution < -0.4 is 4.72 Å². The van der Waals surface area contributed by atoms with Crippen LogP contribution in [0.25, 0.3) is 5.69 Å². The molecule has 12 heteroatoms. The molecule has 0 amide bonds. The van der Waals surface area contributed by atoms with E-state index in [0.717, 1.165) is 26.4 Å². The van der Waals surface area contributed by atoms with E-state index in [-0.39, 0.29) is 21.7 Å². The van der Waals surface area contributed by atoms with Crippen LogP contribution >= 0.6 is 11.8 Å². The van der Waals surface area contributed by atoms with Crippen LogP contribution in [-0.2, 0) is 19.5 Å². The Hall–Kier alpha value is -3.38. The molecule has 0 unspecified atom stereocenters. The lowest BCUT2D eigenvalue weighted by Crippen LogP contribution is -2.16. The zero-order valence-corrected chi connectivity index (χ0v) is 18.4. The van der Waals surface area contributed by atoms with Crippen molar-refractivity contribution < 1.29 is 27.5 Å². The molecule has 1 aromatic heterocycles. The first kappa shape index (κ1) is 22.3. The number of aromatic nitrogens is 3. The number of rotatable bonds is 7. The van der Waals surface area contributed by atoms with Gasteiger partial charge in [-0.25, -0.2) is 18.0 Å². The van der Waals surface area contributed by atoms with Gasteiger partial charge in [0.25, 0.3) is 10.0 Å². The number of nitrogens with zero attached hydrogens (tertiary/aromatic N) is 3. The monoisotopic (exact) mass is 462 g/mol. The highest BCUT2D eigenvalue weighted by molar-refractivity contribution is 7.98. The van der Waals surface area contributed by atoms with Crippen LogP contribution in [0.15, 0.2) is 58.8 Å². The van der Waals surface area contributed by atoms with E-state index in [1.54, 1.807) is 28.8 Å². The SMILES string of the molecule is COC(=O)c1cc(C(=O)OC)cc(S(=O)(=O)Nc2cccc(-n3cnnc3SC)c2)c1. The number of benzene rings is 2. The van der Waals surface area contributed by atoms with Gasteiger partial charge in [0.05, 0.1) is 41.6 Å². The van der Waals surface area contributed by atoms with E-state index in [4.69, 9.17) is 0 Å². The summed E-state index contributed by atoms with van der Waals surface area (Å²) < 4.78 is 39.4. The van der Waals surface area contributed by atoms with Crippen molar-refractivity contribution in [1.82, 2.24) is 14.8 Å². The number of thioether (sulfide) groups is 1. The normalized spacial score (nSPS) is 11.1. The van der Waals surface area contributed by atoms with Gasteiger partial charge in [-0.2, -0.15) is 0 Å². The lowest BCUT2D eigenvalue weighted by molar-refractivity contribution is 0.0598. The number of nitrogens with one attached hydrogen (secondary N) is 1. The van der Waals surface area contributed by atoms with Crippen molar-refractivity contribution in [3.05, 3.63) is 59.9 Å². The molecule has 0 radical (unpaired) electrons. The van der Waals surface area contributed by atoms with Crippen LogP contribution in [0.4, 0.5) is 5.69 Å². The number of hydrogen-bond donors (Lipinski definition) is 1. The van der Waals surface area contributed by atoms with Crippen LogP contribution in [0.3, 0.4) is 0 Å². The molecular weight excluding hydrogens is 444 g/mol. The fourth-order valence-electron chi connectivity index (χ4n) is 2.70. The van der Waals surface area contributed by atoms with Crippen LogP contribution in [-0.4, -0.2) is 55.6 Å². The Morgan fingerprint density at radius 1 is 1.03 bits per heavy atom. The molecule has 1 N–H and O–H groups in total. The van der Waals surface area contributed by atoms with E-state index in [2.05, 4.69) is 24.4 Å². The third-order valence-corrected chi connectivity index (χ3v) is 6.14. The van der Waals surface area contributed by atoms with Crippen molar-refractivity contribution >= 4 is 39.4 Å². The van der Waals surface area contributed by atoms with Gasteiger partial charge in [-0.05, 0) is 42.7 Å². The molecule has 0 atom stereocenters. The molecule has 0 fully saturated rings. The van der Waals surface area contributed by atoms with Gasteiger partial charge >= 0.3 is 11.9 Å². The lowest BCUT2D eigenvalue weighted by Gasteiger charge is -2.12. The predicted octanol–water partition coefficient (Wildman–Crippen LogP) is 2.36. The van der Waals surface area contributed by atoms with Gasteiger partial charge in [-0.1, -0.05) is 17.8 Å². The summed E-state index contributed by atoms with van der Waals surface area (Å²) in [6.45, 7) is 0. The summed E-state index contributed by atoms with van der Waals surface area (Å²) in [5.41, 5.74) is 0.705. The number of sulfonamides is 1. The van der Waals surface area contributed by atoms with Crippen LogP contribution in [0, 0.1) is 0 Å². The second kappa shape index (κ2) is 9.18.